The summed E-state index contributed by atoms with van der Waals surface area (Å²) in [6.07, 6.45) is 0.954. The van der Waals surface area contributed by atoms with Gasteiger partial charge < -0.3 is 15.8 Å². The minimum Gasteiger partial charge on any atom is -0.399 e. The van der Waals surface area contributed by atoms with E-state index in [1.165, 1.54) is 0 Å². The molecule has 6 heteroatoms. The first kappa shape index (κ1) is 14.1. The molecule has 0 radical (unpaired) electrons. The zero-order valence-electron chi connectivity index (χ0n) is 10.7. The van der Waals surface area contributed by atoms with Gasteiger partial charge in [0.25, 0.3) is 0 Å². The van der Waals surface area contributed by atoms with Crippen molar-refractivity contribution in [2.45, 2.75) is 6.42 Å². The number of rotatable bonds is 3. The van der Waals surface area contributed by atoms with Gasteiger partial charge in [0.1, 0.15) is 0 Å². The fourth-order valence-corrected chi connectivity index (χ4v) is 2.22. The molecule has 0 bridgehead atoms. The highest BCUT2D eigenvalue weighted by atomic mass is 35.5. The SMILES string of the molecule is Nc1ccc(NC(=O)CN2CCCOCC2)c(Cl)c1. The Bertz CT molecular complexity index is 446. The number of nitrogens with two attached hydrogens (primary N) is 1. The van der Waals surface area contributed by atoms with E-state index >= 15 is 0 Å². The molecule has 1 amide bonds. The summed E-state index contributed by atoms with van der Waals surface area (Å²) in [6.45, 7) is 3.45. The lowest BCUT2D eigenvalue weighted by molar-refractivity contribution is -0.117. The number of carbonyl (C=O) groups is 1. The van der Waals surface area contributed by atoms with Gasteiger partial charge in [-0.25, -0.2) is 0 Å². The summed E-state index contributed by atoms with van der Waals surface area (Å²) < 4.78 is 5.35. The van der Waals surface area contributed by atoms with Crippen LogP contribution in [0.2, 0.25) is 5.02 Å². The van der Waals surface area contributed by atoms with Crippen molar-refractivity contribution >= 4 is 28.9 Å². The van der Waals surface area contributed by atoms with E-state index in [0.717, 1.165) is 26.1 Å². The molecule has 1 aliphatic rings. The second-order valence-corrected chi connectivity index (χ2v) is 4.94. The molecule has 2 rings (SSSR count). The van der Waals surface area contributed by atoms with Gasteiger partial charge in [-0.05, 0) is 24.6 Å². The van der Waals surface area contributed by atoms with Crippen LogP contribution >= 0.6 is 11.6 Å². The lowest BCUT2D eigenvalue weighted by Crippen LogP contribution is -2.35. The van der Waals surface area contributed by atoms with Crippen molar-refractivity contribution < 1.29 is 9.53 Å². The minimum absolute atomic E-state index is 0.0754. The first-order valence-corrected chi connectivity index (χ1v) is 6.68. The molecule has 1 fully saturated rings. The molecule has 104 valence electrons. The van der Waals surface area contributed by atoms with Crippen molar-refractivity contribution in [1.82, 2.24) is 4.90 Å². The molecule has 0 aliphatic carbocycles. The molecule has 0 spiro atoms. The monoisotopic (exact) mass is 283 g/mol. The van der Waals surface area contributed by atoms with Crippen LogP contribution < -0.4 is 11.1 Å². The number of nitrogens with zero attached hydrogens (tertiary/aromatic N) is 1. The molecule has 1 aromatic rings. The first-order chi connectivity index (χ1) is 9.15. The van der Waals surface area contributed by atoms with Crippen molar-refractivity contribution in [3.63, 3.8) is 0 Å². The Morgan fingerprint density at radius 3 is 3.05 bits per heavy atom. The van der Waals surface area contributed by atoms with E-state index in [1.807, 2.05) is 0 Å². The molecule has 1 saturated heterocycles. The Kier molecular flexibility index (Phi) is 5.01. The molecule has 0 unspecified atom stereocenters. The van der Waals surface area contributed by atoms with Gasteiger partial charge >= 0.3 is 0 Å². The summed E-state index contributed by atoms with van der Waals surface area (Å²) >= 11 is 6.01. The van der Waals surface area contributed by atoms with Gasteiger partial charge in [0.15, 0.2) is 0 Å². The van der Waals surface area contributed by atoms with E-state index in [1.54, 1.807) is 18.2 Å². The maximum Gasteiger partial charge on any atom is 0.238 e. The van der Waals surface area contributed by atoms with Crippen molar-refractivity contribution in [3.05, 3.63) is 23.2 Å². The number of nitrogen functional groups attached to an aromatic ring is 1. The molecule has 3 N–H and O–H groups in total. The number of amides is 1. The quantitative estimate of drug-likeness (QED) is 0.827. The predicted molar refractivity (Wildman–Crippen MR) is 76.4 cm³/mol. The fraction of sp³-hybridized carbons (Fsp3) is 0.462. The first-order valence-electron chi connectivity index (χ1n) is 6.30. The highest BCUT2D eigenvalue weighted by Crippen LogP contribution is 2.23. The average Bonchev–Trinajstić information content (AvgIpc) is 2.61. The number of anilines is 2. The molecule has 0 saturated carbocycles. The summed E-state index contributed by atoms with van der Waals surface area (Å²) in [7, 11) is 0. The molecule has 1 aromatic carbocycles. The molecular weight excluding hydrogens is 266 g/mol. The second kappa shape index (κ2) is 6.75. The predicted octanol–water partition coefficient (Wildman–Crippen LogP) is 1.58. The van der Waals surface area contributed by atoms with Crippen LogP contribution in [0.4, 0.5) is 11.4 Å². The van der Waals surface area contributed by atoms with Crippen molar-refractivity contribution in [2.24, 2.45) is 0 Å². The van der Waals surface area contributed by atoms with Crippen molar-refractivity contribution in [1.29, 1.82) is 0 Å². The fourth-order valence-electron chi connectivity index (χ4n) is 1.98. The number of nitrogens with one attached hydrogen (secondary N) is 1. The number of halogens is 1. The molecule has 0 aromatic heterocycles. The van der Waals surface area contributed by atoms with Gasteiger partial charge in [-0.1, -0.05) is 11.6 Å². The number of hydrogen-bond donors (Lipinski definition) is 2. The minimum atomic E-state index is -0.0754. The third-order valence-corrected chi connectivity index (χ3v) is 3.26. The number of hydrogen-bond acceptors (Lipinski definition) is 4. The van der Waals surface area contributed by atoms with E-state index in [4.69, 9.17) is 22.1 Å². The Morgan fingerprint density at radius 1 is 1.42 bits per heavy atom. The van der Waals surface area contributed by atoms with Crippen molar-refractivity contribution in [2.75, 3.05) is 43.9 Å². The number of benzene rings is 1. The molecule has 1 aliphatic heterocycles. The largest absolute Gasteiger partial charge is 0.399 e. The van der Waals surface area contributed by atoms with E-state index < -0.39 is 0 Å². The van der Waals surface area contributed by atoms with Crippen LogP contribution in [0.15, 0.2) is 18.2 Å². The molecule has 0 atom stereocenters. The standard InChI is InChI=1S/C13H18ClN3O2/c14-11-8-10(15)2-3-12(11)16-13(18)9-17-4-1-6-19-7-5-17/h2-3,8H,1,4-7,9,15H2,(H,16,18). The molecular formula is C13H18ClN3O2. The number of carbonyl (C=O) groups excluding carboxylic acids is 1. The van der Waals surface area contributed by atoms with E-state index in [0.29, 0.717) is 29.5 Å². The Balaban J connectivity index is 1.89. The lowest BCUT2D eigenvalue weighted by Gasteiger charge is -2.18. The average molecular weight is 284 g/mol. The van der Waals surface area contributed by atoms with Crippen LogP contribution in [0.5, 0.6) is 0 Å². The smallest absolute Gasteiger partial charge is 0.238 e. The van der Waals surface area contributed by atoms with Crippen LogP contribution in [0.3, 0.4) is 0 Å². The molecule has 19 heavy (non-hydrogen) atoms. The Labute approximate surface area is 117 Å². The van der Waals surface area contributed by atoms with Gasteiger partial charge in [-0.3, -0.25) is 9.69 Å². The van der Waals surface area contributed by atoms with Crippen LogP contribution in [0.25, 0.3) is 0 Å². The van der Waals surface area contributed by atoms with Crippen LogP contribution in [0, 0.1) is 0 Å². The highest BCUT2D eigenvalue weighted by Gasteiger charge is 2.14. The van der Waals surface area contributed by atoms with E-state index in [9.17, 15) is 4.79 Å². The summed E-state index contributed by atoms with van der Waals surface area (Å²) in [4.78, 5) is 14.0. The summed E-state index contributed by atoms with van der Waals surface area (Å²) in [5, 5.41) is 3.25. The molecule has 5 nitrogen and oxygen atoms in total. The summed E-state index contributed by atoms with van der Waals surface area (Å²) in [5.41, 5.74) is 6.77. The van der Waals surface area contributed by atoms with Gasteiger partial charge in [-0.2, -0.15) is 0 Å². The topological polar surface area (TPSA) is 67.6 Å². The van der Waals surface area contributed by atoms with Gasteiger partial charge in [0.05, 0.1) is 23.9 Å². The van der Waals surface area contributed by atoms with E-state index in [-0.39, 0.29) is 5.91 Å². The second-order valence-electron chi connectivity index (χ2n) is 4.53. The zero-order chi connectivity index (χ0) is 13.7. The third-order valence-electron chi connectivity index (χ3n) is 2.95. The maximum atomic E-state index is 11.9. The van der Waals surface area contributed by atoms with Crippen LogP contribution in [-0.4, -0.2) is 43.7 Å². The van der Waals surface area contributed by atoms with Crippen LogP contribution in [-0.2, 0) is 9.53 Å². The van der Waals surface area contributed by atoms with Gasteiger partial charge in [0, 0.05) is 25.4 Å². The Hall–Kier alpha value is -1.30. The summed E-state index contributed by atoms with van der Waals surface area (Å²) in [5.74, 6) is -0.0754. The third kappa shape index (κ3) is 4.38. The van der Waals surface area contributed by atoms with E-state index in [2.05, 4.69) is 10.2 Å². The zero-order valence-corrected chi connectivity index (χ0v) is 11.4. The van der Waals surface area contributed by atoms with Crippen molar-refractivity contribution in [3.8, 4) is 0 Å². The van der Waals surface area contributed by atoms with Crippen LogP contribution in [0.1, 0.15) is 6.42 Å². The molecule has 1 heterocycles. The highest BCUT2D eigenvalue weighted by molar-refractivity contribution is 6.34. The number of ether oxygens (including phenoxy) is 1. The maximum absolute atomic E-state index is 11.9. The normalized spacial score (nSPS) is 16.9. The lowest BCUT2D eigenvalue weighted by atomic mass is 10.3. The van der Waals surface area contributed by atoms with Gasteiger partial charge in [0.2, 0.25) is 5.91 Å². The summed E-state index contributed by atoms with van der Waals surface area (Å²) in [6, 6.07) is 5.04. The Morgan fingerprint density at radius 2 is 2.26 bits per heavy atom. The van der Waals surface area contributed by atoms with Gasteiger partial charge in [-0.15, -0.1) is 0 Å².